The van der Waals surface area contributed by atoms with Crippen molar-refractivity contribution < 1.29 is 13.9 Å². The quantitative estimate of drug-likeness (QED) is 0.725. The minimum atomic E-state index is -0.951. The summed E-state index contributed by atoms with van der Waals surface area (Å²) in [5, 5.41) is 0. The summed E-state index contributed by atoms with van der Waals surface area (Å²) in [6.45, 7) is 5.44. The maximum Gasteiger partial charge on any atom is 0.306 e. The van der Waals surface area contributed by atoms with Crippen molar-refractivity contribution in [2.24, 2.45) is 0 Å². The monoisotopic (exact) mass is 266 g/mol. The Kier molecular flexibility index (Phi) is 6.00. The number of hydrogen-bond donors (Lipinski definition) is 0. The first-order valence-electron chi connectivity index (χ1n) is 6.76. The molecule has 0 amide bonds. The van der Waals surface area contributed by atoms with E-state index >= 15 is 0 Å². The highest BCUT2D eigenvalue weighted by Gasteiger charge is 2.17. The maximum atomic E-state index is 13.7. The van der Waals surface area contributed by atoms with Gasteiger partial charge in [0, 0.05) is 6.42 Å². The lowest BCUT2D eigenvalue weighted by atomic mass is 10.0. The van der Waals surface area contributed by atoms with E-state index in [-0.39, 0.29) is 18.8 Å². The summed E-state index contributed by atoms with van der Waals surface area (Å²) >= 11 is 0. The SMILES string of the molecule is CC(C)(C)OC(=O)CCC(F)CCc1ccccc1. The highest BCUT2D eigenvalue weighted by atomic mass is 19.1. The third kappa shape index (κ3) is 7.60. The summed E-state index contributed by atoms with van der Waals surface area (Å²) in [4.78, 5) is 11.4. The van der Waals surface area contributed by atoms with E-state index in [9.17, 15) is 9.18 Å². The van der Waals surface area contributed by atoms with Crippen molar-refractivity contribution >= 4 is 5.97 Å². The zero-order valence-corrected chi connectivity index (χ0v) is 12.0. The number of hydrogen-bond acceptors (Lipinski definition) is 2. The van der Waals surface area contributed by atoms with Crippen LogP contribution >= 0.6 is 0 Å². The molecule has 0 aliphatic heterocycles. The van der Waals surface area contributed by atoms with Crippen LogP contribution in [0, 0.1) is 0 Å². The molecule has 1 aromatic rings. The number of ether oxygens (including phenoxy) is 1. The molecule has 1 aromatic carbocycles. The summed E-state index contributed by atoms with van der Waals surface area (Å²) in [5.41, 5.74) is 0.634. The minimum Gasteiger partial charge on any atom is -0.460 e. The zero-order valence-electron chi connectivity index (χ0n) is 12.0. The van der Waals surface area contributed by atoms with Crippen molar-refractivity contribution in [3.8, 4) is 0 Å². The van der Waals surface area contributed by atoms with Crippen molar-refractivity contribution in [1.29, 1.82) is 0 Å². The second-order valence-corrected chi connectivity index (χ2v) is 5.75. The average molecular weight is 266 g/mol. The van der Waals surface area contributed by atoms with Crippen molar-refractivity contribution in [2.45, 2.75) is 58.2 Å². The summed E-state index contributed by atoms with van der Waals surface area (Å²) < 4.78 is 18.8. The third-order valence-corrected chi connectivity index (χ3v) is 2.67. The van der Waals surface area contributed by atoms with Gasteiger partial charge < -0.3 is 4.74 Å². The van der Waals surface area contributed by atoms with Crippen molar-refractivity contribution in [1.82, 2.24) is 0 Å². The van der Waals surface area contributed by atoms with E-state index in [1.165, 1.54) is 0 Å². The summed E-state index contributed by atoms with van der Waals surface area (Å²) in [5.74, 6) is -0.324. The van der Waals surface area contributed by atoms with E-state index in [1.54, 1.807) is 0 Å². The molecule has 1 atom stereocenters. The van der Waals surface area contributed by atoms with Crippen LogP contribution in [0.4, 0.5) is 4.39 Å². The lowest BCUT2D eigenvalue weighted by molar-refractivity contribution is -0.155. The van der Waals surface area contributed by atoms with Gasteiger partial charge >= 0.3 is 5.97 Å². The predicted molar refractivity (Wildman–Crippen MR) is 74.7 cm³/mol. The van der Waals surface area contributed by atoms with E-state index in [0.717, 1.165) is 5.56 Å². The van der Waals surface area contributed by atoms with Crippen molar-refractivity contribution in [2.75, 3.05) is 0 Å². The summed E-state index contributed by atoms with van der Waals surface area (Å²) in [6, 6.07) is 9.81. The number of carbonyl (C=O) groups excluding carboxylic acids is 1. The van der Waals surface area contributed by atoms with Gasteiger partial charge in [0.2, 0.25) is 0 Å². The largest absolute Gasteiger partial charge is 0.460 e. The van der Waals surface area contributed by atoms with Crippen LogP contribution in [-0.2, 0) is 16.0 Å². The standard InChI is InChI=1S/C16H23FO2/c1-16(2,3)19-15(18)12-11-14(17)10-9-13-7-5-4-6-8-13/h4-8,14H,9-12H2,1-3H3. The van der Waals surface area contributed by atoms with E-state index < -0.39 is 11.8 Å². The van der Waals surface area contributed by atoms with Gasteiger partial charge in [-0.15, -0.1) is 0 Å². The Morgan fingerprint density at radius 3 is 2.42 bits per heavy atom. The van der Waals surface area contributed by atoms with Gasteiger partial charge in [-0.2, -0.15) is 0 Å². The normalized spacial score (nSPS) is 13.1. The van der Waals surface area contributed by atoms with Crippen LogP contribution in [0.25, 0.3) is 0 Å². The molecule has 0 aliphatic rings. The van der Waals surface area contributed by atoms with Crippen LogP contribution in [-0.4, -0.2) is 17.7 Å². The Balaban J connectivity index is 2.21. The third-order valence-electron chi connectivity index (χ3n) is 2.67. The molecular formula is C16H23FO2. The Morgan fingerprint density at radius 2 is 1.84 bits per heavy atom. The number of esters is 1. The maximum absolute atomic E-state index is 13.7. The van der Waals surface area contributed by atoms with Crippen LogP contribution in [0.2, 0.25) is 0 Å². The van der Waals surface area contributed by atoms with Crippen LogP contribution in [0.5, 0.6) is 0 Å². The fourth-order valence-electron chi connectivity index (χ4n) is 1.78. The fraction of sp³-hybridized carbons (Fsp3) is 0.562. The van der Waals surface area contributed by atoms with Gasteiger partial charge in [-0.05, 0) is 45.6 Å². The van der Waals surface area contributed by atoms with Crippen LogP contribution < -0.4 is 0 Å². The Labute approximate surface area is 115 Å². The van der Waals surface area contributed by atoms with Gasteiger partial charge in [-0.1, -0.05) is 30.3 Å². The molecule has 2 nitrogen and oxygen atoms in total. The number of carbonyl (C=O) groups is 1. The molecule has 0 bridgehead atoms. The first-order valence-corrected chi connectivity index (χ1v) is 6.76. The predicted octanol–water partition coefficient (Wildman–Crippen LogP) is 4.08. The molecule has 19 heavy (non-hydrogen) atoms. The number of halogens is 1. The lowest BCUT2D eigenvalue weighted by Gasteiger charge is -2.19. The van der Waals surface area contributed by atoms with Crippen molar-refractivity contribution in [3.63, 3.8) is 0 Å². The highest BCUT2D eigenvalue weighted by molar-refractivity contribution is 5.69. The van der Waals surface area contributed by atoms with Gasteiger partial charge in [-0.25, -0.2) is 4.39 Å². The topological polar surface area (TPSA) is 26.3 Å². The van der Waals surface area contributed by atoms with E-state index in [1.807, 2.05) is 51.1 Å². The van der Waals surface area contributed by atoms with Crippen LogP contribution in [0.15, 0.2) is 30.3 Å². The van der Waals surface area contributed by atoms with Crippen LogP contribution in [0.1, 0.15) is 45.6 Å². The fourth-order valence-corrected chi connectivity index (χ4v) is 1.78. The molecule has 0 heterocycles. The molecular weight excluding hydrogens is 243 g/mol. The second kappa shape index (κ2) is 7.27. The highest BCUT2D eigenvalue weighted by Crippen LogP contribution is 2.14. The molecule has 0 radical (unpaired) electrons. The first kappa shape index (κ1) is 15.7. The molecule has 0 aromatic heterocycles. The van der Waals surface area contributed by atoms with Crippen molar-refractivity contribution in [3.05, 3.63) is 35.9 Å². The number of benzene rings is 1. The number of alkyl halides is 1. The lowest BCUT2D eigenvalue weighted by Crippen LogP contribution is -2.24. The van der Waals surface area contributed by atoms with E-state index in [0.29, 0.717) is 12.8 Å². The molecule has 0 spiro atoms. The number of aryl methyl sites for hydroxylation is 1. The van der Waals surface area contributed by atoms with Gasteiger partial charge in [0.05, 0.1) is 0 Å². The summed E-state index contributed by atoms with van der Waals surface area (Å²) in [6.07, 6.45) is 0.589. The Morgan fingerprint density at radius 1 is 1.21 bits per heavy atom. The molecule has 0 saturated carbocycles. The molecule has 106 valence electrons. The molecule has 0 aliphatic carbocycles. The smallest absolute Gasteiger partial charge is 0.306 e. The molecule has 1 unspecified atom stereocenters. The van der Waals surface area contributed by atoms with Crippen LogP contribution in [0.3, 0.4) is 0 Å². The molecule has 0 saturated heterocycles. The molecule has 0 fully saturated rings. The molecule has 3 heteroatoms. The Hall–Kier alpha value is -1.38. The average Bonchev–Trinajstić information content (AvgIpc) is 2.33. The van der Waals surface area contributed by atoms with E-state index in [2.05, 4.69) is 0 Å². The van der Waals surface area contributed by atoms with Gasteiger partial charge in [0.25, 0.3) is 0 Å². The zero-order chi connectivity index (χ0) is 14.3. The molecule has 0 N–H and O–H groups in total. The van der Waals surface area contributed by atoms with Gasteiger partial charge in [-0.3, -0.25) is 4.79 Å². The first-order chi connectivity index (χ1) is 8.87. The Bertz CT molecular complexity index is 381. The minimum absolute atomic E-state index is 0.146. The molecule has 1 rings (SSSR count). The van der Waals surface area contributed by atoms with Gasteiger partial charge in [0.1, 0.15) is 11.8 Å². The van der Waals surface area contributed by atoms with Gasteiger partial charge in [0.15, 0.2) is 0 Å². The van der Waals surface area contributed by atoms with E-state index in [4.69, 9.17) is 4.74 Å². The number of rotatable bonds is 6. The summed E-state index contributed by atoms with van der Waals surface area (Å²) in [7, 11) is 0. The second-order valence-electron chi connectivity index (χ2n) is 5.75.